The van der Waals surface area contributed by atoms with Crippen LogP contribution in [0.25, 0.3) is 0 Å². The summed E-state index contributed by atoms with van der Waals surface area (Å²) in [6.45, 7) is 8.19. The van der Waals surface area contributed by atoms with Crippen molar-refractivity contribution in [3.63, 3.8) is 0 Å². The van der Waals surface area contributed by atoms with Crippen LogP contribution in [0.4, 0.5) is 5.82 Å². The summed E-state index contributed by atoms with van der Waals surface area (Å²) in [6.07, 6.45) is 2.63. The molecule has 1 heterocycles. The van der Waals surface area contributed by atoms with Crippen LogP contribution in [0.5, 0.6) is 5.75 Å². The highest BCUT2D eigenvalue weighted by molar-refractivity contribution is 5.91. The van der Waals surface area contributed by atoms with Crippen molar-refractivity contribution in [1.82, 2.24) is 9.78 Å². The van der Waals surface area contributed by atoms with Crippen LogP contribution in [0.2, 0.25) is 0 Å². The average molecular weight is 301 g/mol. The molecule has 0 radical (unpaired) electrons. The van der Waals surface area contributed by atoms with Gasteiger partial charge in [-0.15, -0.1) is 0 Å². The third-order valence-corrected chi connectivity index (χ3v) is 3.79. The van der Waals surface area contributed by atoms with Crippen molar-refractivity contribution in [3.8, 4) is 5.75 Å². The van der Waals surface area contributed by atoms with E-state index in [2.05, 4.69) is 24.3 Å². The van der Waals surface area contributed by atoms with Crippen molar-refractivity contribution < 1.29 is 9.53 Å². The van der Waals surface area contributed by atoms with E-state index < -0.39 is 0 Å². The molecule has 1 aromatic carbocycles. The molecule has 2 aromatic rings. The second kappa shape index (κ2) is 7.11. The minimum Gasteiger partial charge on any atom is -0.484 e. The summed E-state index contributed by atoms with van der Waals surface area (Å²) in [4.78, 5) is 12.0. The lowest BCUT2D eigenvalue weighted by atomic mass is 10.1. The Labute approximate surface area is 131 Å². The fourth-order valence-electron chi connectivity index (χ4n) is 2.07. The van der Waals surface area contributed by atoms with Gasteiger partial charge >= 0.3 is 0 Å². The van der Waals surface area contributed by atoms with E-state index in [9.17, 15) is 4.79 Å². The van der Waals surface area contributed by atoms with Gasteiger partial charge in [0.25, 0.3) is 5.91 Å². The molecule has 0 fully saturated rings. The van der Waals surface area contributed by atoms with Crippen LogP contribution < -0.4 is 10.1 Å². The van der Waals surface area contributed by atoms with E-state index in [4.69, 9.17) is 4.74 Å². The number of carbonyl (C=O) groups is 1. The minimum atomic E-state index is -0.191. The molecular formula is C17H23N3O2. The Bertz CT molecular complexity index is 649. The molecule has 2 rings (SSSR count). The van der Waals surface area contributed by atoms with Crippen LogP contribution in [0.15, 0.2) is 30.5 Å². The highest BCUT2D eigenvalue weighted by atomic mass is 16.5. The first-order chi connectivity index (χ1) is 10.5. The largest absolute Gasteiger partial charge is 0.484 e. The molecule has 0 aliphatic heterocycles. The van der Waals surface area contributed by atoms with Crippen molar-refractivity contribution in [2.75, 3.05) is 11.9 Å². The molecule has 1 amide bonds. The molecule has 1 unspecified atom stereocenters. The van der Waals surface area contributed by atoms with Gasteiger partial charge in [0, 0.05) is 6.07 Å². The molecule has 5 nitrogen and oxygen atoms in total. The second-order valence-corrected chi connectivity index (χ2v) is 5.50. The number of anilines is 1. The molecule has 118 valence electrons. The summed E-state index contributed by atoms with van der Waals surface area (Å²) < 4.78 is 7.35. The Morgan fingerprint density at radius 1 is 1.32 bits per heavy atom. The molecule has 0 spiro atoms. The highest BCUT2D eigenvalue weighted by Gasteiger charge is 2.11. The lowest BCUT2D eigenvalue weighted by Crippen LogP contribution is -2.23. The molecule has 5 heteroatoms. The lowest BCUT2D eigenvalue weighted by Gasteiger charge is -2.14. The van der Waals surface area contributed by atoms with E-state index in [0.717, 1.165) is 12.0 Å². The van der Waals surface area contributed by atoms with Gasteiger partial charge < -0.3 is 10.1 Å². The summed E-state index contributed by atoms with van der Waals surface area (Å²) in [7, 11) is 0. The normalized spacial score (nSPS) is 12.0. The van der Waals surface area contributed by atoms with Crippen LogP contribution in [0, 0.1) is 13.8 Å². The lowest BCUT2D eigenvalue weighted by molar-refractivity contribution is -0.118. The van der Waals surface area contributed by atoms with Gasteiger partial charge in [-0.05, 0) is 50.5 Å². The number of nitrogens with zero attached hydrogens (tertiary/aromatic N) is 2. The summed E-state index contributed by atoms with van der Waals surface area (Å²) in [5.74, 6) is 1.21. The zero-order valence-corrected chi connectivity index (χ0v) is 13.6. The maximum Gasteiger partial charge on any atom is 0.263 e. The van der Waals surface area contributed by atoms with E-state index in [-0.39, 0.29) is 18.6 Å². The van der Waals surface area contributed by atoms with Gasteiger partial charge in [0.2, 0.25) is 0 Å². The number of ether oxygens (including phenoxy) is 1. The van der Waals surface area contributed by atoms with Gasteiger partial charge in [-0.25, -0.2) is 4.68 Å². The number of hydrogen-bond donors (Lipinski definition) is 1. The molecule has 22 heavy (non-hydrogen) atoms. The average Bonchev–Trinajstić information content (AvgIpc) is 2.95. The molecule has 0 aliphatic carbocycles. The van der Waals surface area contributed by atoms with Crippen LogP contribution in [0.3, 0.4) is 0 Å². The molecule has 1 atom stereocenters. The highest BCUT2D eigenvalue weighted by Crippen LogP contribution is 2.18. The van der Waals surface area contributed by atoms with Crippen molar-refractivity contribution in [2.24, 2.45) is 0 Å². The van der Waals surface area contributed by atoms with Gasteiger partial charge in [-0.1, -0.05) is 13.0 Å². The monoisotopic (exact) mass is 301 g/mol. The number of carbonyl (C=O) groups excluding carboxylic acids is 1. The number of aryl methyl sites for hydroxylation is 2. The second-order valence-electron chi connectivity index (χ2n) is 5.50. The summed E-state index contributed by atoms with van der Waals surface area (Å²) in [5.41, 5.74) is 2.35. The standard InChI is InChI=1S/C17H23N3O2/c1-5-14(4)20-16(8-9-18-20)19-17(21)11-22-15-7-6-12(2)13(3)10-15/h6-10,14H,5,11H2,1-4H3,(H,19,21). The number of nitrogens with one attached hydrogen (secondary N) is 1. The van der Waals surface area contributed by atoms with Crippen molar-refractivity contribution in [3.05, 3.63) is 41.6 Å². The first-order valence-electron chi connectivity index (χ1n) is 7.54. The van der Waals surface area contributed by atoms with Gasteiger partial charge in [-0.3, -0.25) is 4.79 Å². The van der Waals surface area contributed by atoms with Gasteiger partial charge in [0.05, 0.1) is 12.2 Å². The molecule has 1 aromatic heterocycles. The maximum absolute atomic E-state index is 12.0. The molecule has 0 saturated heterocycles. The van der Waals surface area contributed by atoms with Crippen molar-refractivity contribution in [2.45, 2.75) is 40.2 Å². The minimum absolute atomic E-state index is 0.0197. The van der Waals surface area contributed by atoms with Gasteiger partial charge in [0.1, 0.15) is 11.6 Å². The topological polar surface area (TPSA) is 56.2 Å². The third-order valence-electron chi connectivity index (χ3n) is 3.79. The number of aromatic nitrogens is 2. The fourth-order valence-corrected chi connectivity index (χ4v) is 2.07. The van der Waals surface area contributed by atoms with Crippen LogP contribution in [0.1, 0.15) is 37.4 Å². The SMILES string of the molecule is CCC(C)n1nccc1NC(=O)COc1ccc(C)c(C)c1. The van der Waals surface area contributed by atoms with Crippen LogP contribution in [-0.4, -0.2) is 22.3 Å². The fraction of sp³-hybridized carbons (Fsp3) is 0.412. The summed E-state index contributed by atoms with van der Waals surface area (Å²) >= 11 is 0. The van der Waals surface area contributed by atoms with Gasteiger partial charge in [-0.2, -0.15) is 5.10 Å². The molecule has 0 saturated carbocycles. The zero-order valence-electron chi connectivity index (χ0n) is 13.6. The number of rotatable bonds is 6. The first kappa shape index (κ1) is 16.1. The number of amides is 1. The van der Waals surface area contributed by atoms with Crippen molar-refractivity contribution >= 4 is 11.7 Å². The third kappa shape index (κ3) is 3.87. The maximum atomic E-state index is 12.0. The number of hydrogen-bond acceptors (Lipinski definition) is 3. The zero-order chi connectivity index (χ0) is 16.1. The predicted molar refractivity (Wildman–Crippen MR) is 87.3 cm³/mol. The van der Waals surface area contributed by atoms with E-state index in [1.54, 1.807) is 12.3 Å². The molecule has 1 N–H and O–H groups in total. The Kier molecular flexibility index (Phi) is 5.20. The Balaban J connectivity index is 1.93. The smallest absolute Gasteiger partial charge is 0.263 e. The molecule has 0 bridgehead atoms. The number of benzene rings is 1. The summed E-state index contributed by atoms with van der Waals surface area (Å²) in [5, 5.41) is 7.08. The van der Waals surface area contributed by atoms with E-state index >= 15 is 0 Å². The van der Waals surface area contributed by atoms with Crippen LogP contribution in [-0.2, 0) is 4.79 Å². The Morgan fingerprint density at radius 3 is 2.77 bits per heavy atom. The van der Waals surface area contributed by atoms with Crippen LogP contribution >= 0.6 is 0 Å². The summed E-state index contributed by atoms with van der Waals surface area (Å²) in [6, 6.07) is 7.83. The van der Waals surface area contributed by atoms with E-state index in [1.165, 1.54) is 5.56 Å². The molecule has 0 aliphatic rings. The van der Waals surface area contributed by atoms with E-state index in [0.29, 0.717) is 11.6 Å². The van der Waals surface area contributed by atoms with Crippen molar-refractivity contribution in [1.29, 1.82) is 0 Å². The molecular weight excluding hydrogens is 278 g/mol. The first-order valence-corrected chi connectivity index (χ1v) is 7.54. The predicted octanol–water partition coefficient (Wildman–Crippen LogP) is 3.49. The Hall–Kier alpha value is -2.30. The Morgan fingerprint density at radius 2 is 2.09 bits per heavy atom. The van der Waals surface area contributed by atoms with E-state index in [1.807, 2.05) is 36.7 Å². The van der Waals surface area contributed by atoms with Gasteiger partial charge in [0.15, 0.2) is 6.61 Å². The quantitative estimate of drug-likeness (QED) is 0.888.